The second-order valence-electron chi connectivity index (χ2n) is 7.46. The maximum atomic E-state index is 12.5. The highest BCUT2D eigenvalue weighted by atomic mass is 32.2. The highest BCUT2D eigenvalue weighted by molar-refractivity contribution is 7.89. The molecule has 0 spiro atoms. The first kappa shape index (κ1) is 24.3. The number of rotatable bonds is 11. The third kappa shape index (κ3) is 7.34. The molecule has 8 heteroatoms. The lowest BCUT2D eigenvalue weighted by Gasteiger charge is -2.15. The maximum absolute atomic E-state index is 12.5. The van der Waals surface area contributed by atoms with Crippen molar-refractivity contribution in [3.05, 3.63) is 90.0 Å². The van der Waals surface area contributed by atoms with Crippen LogP contribution in [0.4, 0.5) is 0 Å². The van der Waals surface area contributed by atoms with Gasteiger partial charge in [-0.05, 0) is 60.9 Å². The van der Waals surface area contributed by atoms with Crippen molar-refractivity contribution in [2.75, 3.05) is 20.3 Å². The first-order chi connectivity index (χ1) is 15.9. The van der Waals surface area contributed by atoms with Crippen molar-refractivity contribution in [3.63, 3.8) is 0 Å². The van der Waals surface area contributed by atoms with Crippen LogP contribution in [0.1, 0.15) is 24.1 Å². The number of sulfonamides is 1. The summed E-state index contributed by atoms with van der Waals surface area (Å²) in [6, 6.07) is 22.9. The van der Waals surface area contributed by atoms with Crippen molar-refractivity contribution in [2.24, 2.45) is 0 Å². The normalized spacial score (nSPS) is 12.1. The molecule has 0 aliphatic rings. The van der Waals surface area contributed by atoms with E-state index in [2.05, 4.69) is 10.0 Å². The summed E-state index contributed by atoms with van der Waals surface area (Å²) in [6.07, 6.45) is 0.603. The molecule has 3 aromatic carbocycles. The summed E-state index contributed by atoms with van der Waals surface area (Å²) in [7, 11) is -2.02. The van der Waals surface area contributed by atoms with Gasteiger partial charge in [0.05, 0.1) is 18.0 Å². The zero-order valence-electron chi connectivity index (χ0n) is 18.7. The molecular weight excluding hydrogens is 440 g/mol. The lowest BCUT2D eigenvalue weighted by atomic mass is 10.1. The number of ether oxygens (including phenoxy) is 2. The molecule has 0 saturated heterocycles. The van der Waals surface area contributed by atoms with Gasteiger partial charge in [0.2, 0.25) is 10.0 Å². The minimum atomic E-state index is -3.62. The fourth-order valence-corrected chi connectivity index (χ4v) is 4.21. The van der Waals surface area contributed by atoms with Gasteiger partial charge in [-0.2, -0.15) is 0 Å². The molecular formula is C25H28N2O5S. The quantitative estimate of drug-likeness (QED) is 0.449. The molecule has 0 bridgehead atoms. The average Bonchev–Trinajstić information content (AvgIpc) is 2.83. The van der Waals surface area contributed by atoms with Gasteiger partial charge in [-0.15, -0.1) is 0 Å². The number of amides is 1. The van der Waals surface area contributed by atoms with E-state index in [-0.39, 0.29) is 23.5 Å². The van der Waals surface area contributed by atoms with Gasteiger partial charge in [0, 0.05) is 6.54 Å². The number of carbonyl (C=O) groups is 1. The lowest BCUT2D eigenvalue weighted by molar-refractivity contribution is -0.123. The first-order valence-electron chi connectivity index (χ1n) is 10.6. The van der Waals surface area contributed by atoms with E-state index in [1.807, 2.05) is 61.5 Å². The van der Waals surface area contributed by atoms with E-state index in [0.717, 1.165) is 16.9 Å². The minimum absolute atomic E-state index is 0.139. The van der Waals surface area contributed by atoms with Crippen LogP contribution in [-0.4, -0.2) is 34.6 Å². The van der Waals surface area contributed by atoms with E-state index in [9.17, 15) is 13.2 Å². The molecule has 2 N–H and O–H groups in total. The SMILES string of the molecule is COc1ccc(C(C)NC(=O)COc2ccc(S(=O)(=O)NCCc3ccccc3)cc2)cc1. The topological polar surface area (TPSA) is 93.7 Å². The fraction of sp³-hybridized carbons (Fsp3) is 0.240. The molecule has 0 saturated carbocycles. The van der Waals surface area contributed by atoms with Crippen molar-refractivity contribution in [2.45, 2.75) is 24.3 Å². The Kier molecular flexibility index (Phi) is 8.46. The van der Waals surface area contributed by atoms with Gasteiger partial charge in [-0.1, -0.05) is 42.5 Å². The maximum Gasteiger partial charge on any atom is 0.258 e. The van der Waals surface area contributed by atoms with Crippen molar-refractivity contribution < 1.29 is 22.7 Å². The summed E-state index contributed by atoms with van der Waals surface area (Å²) in [5.41, 5.74) is 2.00. The van der Waals surface area contributed by atoms with E-state index in [1.165, 1.54) is 24.3 Å². The highest BCUT2D eigenvalue weighted by Gasteiger charge is 2.14. The first-order valence-corrected chi connectivity index (χ1v) is 12.1. The summed E-state index contributed by atoms with van der Waals surface area (Å²) in [5, 5.41) is 2.87. The van der Waals surface area contributed by atoms with Gasteiger partial charge >= 0.3 is 0 Å². The Bertz CT molecular complexity index is 1130. The number of carbonyl (C=O) groups excluding carboxylic acids is 1. The standard InChI is InChI=1S/C25H28N2O5S/c1-19(21-8-10-22(31-2)11-9-21)27-25(28)18-32-23-12-14-24(15-13-23)33(29,30)26-17-16-20-6-4-3-5-7-20/h3-15,19,26H,16-18H2,1-2H3,(H,27,28). The fourth-order valence-electron chi connectivity index (χ4n) is 3.18. The zero-order valence-corrected chi connectivity index (χ0v) is 19.5. The van der Waals surface area contributed by atoms with Gasteiger partial charge < -0.3 is 14.8 Å². The summed E-state index contributed by atoms with van der Waals surface area (Å²) in [6.45, 7) is 2.00. The molecule has 0 aromatic heterocycles. The van der Waals surface area contributed by atoms with Crippen LogP contribution in [0.3, 0.4) is 0 Å². The number of hydrogen-bond donors (Lipinski definition) is 2. The van der Waals surface area contributed by atoms with Gasteiger partial charge in [-0.25, -0.2) is 13.1 Å². The van der Waals surface area contributed by atoms with Crippen molar-refractivity contribution >= 4 is 15.9 Å². The molecule has 0 aliphatic carbocycles. The number of nitrogens with one attached hydrogen (secondary N) is 2. The molecule has 7 nitrogen and oxygen atoms in total. The van der Waals surface area contributed by atoms with Crippen LogP contribution in [0, 0.1) is 0 Å². The molecule has 3 aromatic rings. The van der Waals surface area contributed by atoms with Crippen LogP contribution in [0.2, 0.25) is 0 Å². The third-order valence-corrected chi connectivity index (χ3v) is 6.52. The Morgan fingerprint density at radius 3 is 2.18 bits per heavy atom. The molecule has 0 aliphatic heterocycles. The smallest absolute Gasteiger partial charge is 0.258 e. The van der Waals surface area contributed by atoms with Crippen molar-refractivity contribution in [3.8, 4) is 11.5 Å². The van der Waals surface area contributed by atoms with E-state index in [4.69, 9.17) is 9.47 Å². The van der Waals surface area contributed by atoms with Crippen molar-refractivity contribution in [1.29, 1.82) is 0 Å². The van der Waals surface area contributed by atoms with Crippen LogP contribution >= 0.6 is 0 Å². The predicted molar refractivity (Wildman–Crippen MR) is 127 cm³/mol. The van der Waals surface area contributed by atoms with Gasteiger partial charge in [0.25, 0.3) is 5.91 Å². The summed E-state index contributed by atoms with van der Waals surface area (Å²) in [4.78, 5) is 12.4. The van der Waals surface area contributed by atoms with Gasteiger partial charge in [0.15, 0.2) is 6.61 Å². The Morgan fingerprint density at radius 2 is 1.55 bits per heavy atom. The van der Waals surface area contributed by atoms with E-state index in [0.29, 0.717) is 18.7 Å². The molecule has 1 unspecified atom stereocenters. The molecule has 3 rings (SSSR count). The Hall–Kier alpha value is -3.36. The lowest BCUT2D eigenvalue weighted by Crippen LogP contribution is -2.31. The Balaban J connectivity index is 1.46. The monoisotopic (exact) mass is 468 g/mol. The Morgan fingerprint density at radius 1 is 0.909 bits per heavy atom. The van der Waals surface area contributed by atoms with Crippen LogP contribution in [0.25, 0.3) is 0 Å². The molecule has 174 valence electrons. The largest absolute Gasteiger partial charge is 0.497 e. The number of benzene rings is 3. The molecule has 1 atom stereocenters. The van der Waals surface area contributed by atoms with Crippen LogP contribution in [0.5, 0.6) is 11.5 Å². The Labute approximate surface area is 194 Å². The van der Waals surface area contributed by atoms with E-state index >= 15 is 0 Å². The molecule has 0 radical (unpaired) electrons. The number of hydrogen-bond acceptors (Lipinski definition) is 5. The van der Waals surface area contributed by atoms with Crippen LogP contribution < -0.4 is 19.5 Å². The van der Waals surface area contributed by atoms with Crippen LogP contribution in [0.15, 0.2) is 83.8 Å². The highest BCUT2D eigenvalue weighted by Crippen LogP contribution is 2.18. The summed E-state index contributed by atoms with van der Waals surface area (Å²) >= 11 is 0. The second-order valence-corrected chi connectivity index (χ2v) is 9.22. The molecule has 33 heavy (non-hydrogen) atoms. The van der Waals surface area contributed by atoms with Gasteiger partial charge in [0.1, 0.15) is 11.5 Å². The van der Waals surface area contributed by atoms with E-state index < -0.39 is 10.0 Å². The molecule has 0 fully saturated rings. The second kappa shape index (κ2) is 11.5. The van der Waals surface area contributed by atoms with Crippen molar-refractivity contribution in [1.82, 2.24) is 10.0 Å². The average molecular weight is 469 g/mol. The molecule has 1 amide bonds. The minimum Gasteiger partial charge on any atom is -0.497 e. The third-order valence-electron chi connectivity index (χ3n) is 5.05. The summed E-state index contributed by atoms with van der Waals surface area (Å²) in [5.74, 6) is 0.876. The predicted octanol–water partition coefficient (Wildman–Crippen LogP) is 3.47. The zero-order chi connectivity index (χ0) is 23.7. The molecule has 0 heterocycles. The van der Waals surface area contributed by atoms with Crippen LogP contribution in [-0.2, 0) is 21.2 Å². The van der Waals surface area contributed by atoms with Gasteiger partial charge in [-0.3, -0.25) is 4.79 Å². The number of methoxy groups -OCH3 is 1. The van der Waals surface area contributed by atoms with E-state index in [1.54, 1.807) is 7.11 Å². The summed E-state index contributed by atoms with van der Waals surface area (Å²) < 4.78 is 38.2.